The number of hydrogen-bond acceptors (Lipinski definition) is 0. The lowest BCUT2D eigenvalue weighted by Gasteiger charge is -2.14. The van der Waals surface area contributed by atoms with Gasteiger partial charge in [-0.3, -0.25) is 0 Å². The van der Waals surface area contributed by atoms with Gasteiger partial charge in [-0.15, -0.1) is 0 Å². The highest BCUT2D eigenvalue weighted by molar-refractivity contribution is 5.79. The highest BCUT2D eigenvalue weighted by Crippen LogP contribution is 2.34. The molecule has 0 aliphatic heterocycles. The normalized spacial score (nSPS) is 11.0. The van der Waals surface area contributed by atoms with E-state index in [1.54, 1.807) is 0 Å². The van der Waals surface area contributed by atoms with Crippen LogP contribution >= 0.6 is 0 Å². The minimum absolute atomic E-state index is 1.24. The maximum absolute atomic E-state index is 2.36. The molecule has 3 aromatic carbocycles. The SMILES string of the molecule is Cc1ccc(-c2cc(-c3cc(-c4ccccc4)c(C)cc3C)[n+](C)cc2C)c(C)c1. The molecule has 0 fully saturated rings. The van der Waals surface area contributed by atoms with E-state index in [1.165, 1.54) is 61.3 Å². The first-order chi connectivity index (χ1) is 14.3. The lowest BCUT2D eigenvalue weighted by atomic mass is 9.91. The molecule has 1 heterocycles. The van der Waals surface area contributed by atoms with Gasteiger partial charge < -0.3 is 0 Å². The molecule has 0 bridgehead atoms. The summed E-state index contributed by atoms with van der Waals surface area (Å²) in [4.78, 5) is 0. The summed E-state index contributed by atoms with van der Waals surface area (Å²) in [5.74, 6) is 0. The van der Waals surface area contributed by atoms with Crippen LogP contribution in [0.4, 0.5) is 0 Å². The standard InChI is InChI=1S/C29H30N/c1-19-12-13-25(20(2)14-19)27-17-29(30(6)18-23(27)5)28-16-26(21(3)15-22(28)4)24-10-8-7-9-11-24/h7-18H,1-6H3/q+1. The molecule has 0 aliphatic carbocycles. The van der Waals surface area contributed by atoms with E-state index in [0.29, 0.717) is 0 Å². The summed E-state index contributed by atoms with van der Waals surface area (Å²) in [5.41, 5.74) is 14.2. The number of aromatic nitrogens is 1. The predicted molar refractivity (Wildman–Crippen MR) is 128 cm³/mol. The van der Waals surface area contributed by atoms with E-state index in [1.807, 2.05) is 0 Å². The van der Waals surface area contributed by atoms with E-state index in [0.717, 1.165) is 0 Å². The Labute approximate surface area is 180 Å². The minimum atomic E-state index is 1.24. The Morgan fingerprint density at radius 3 is 1.90 bits per heavy atom. The van der Waals surface area contributed by atoms with E-state index < -0.39 is 0 Å². The van der Waals surface area contributed by atoms with Crippen LogP contribution in [-0.2, 0) is 7.05 Å². The molecule has 0 amide bonds. The second-order valence-corrected chi connectivity index (χ2v) is 8.53. The first-order valence-corrected chi connectivity index (χ1v) is 10.6. The minimum Gasteiger partial charge on any atom is -0.201 e. The van der Waals surface area contributed by atoms with Crippen LogP contribution in [0.1, 0.15) is 27.8 Å². The molecule has 1 nitrogen and oxygen atoms in total. The average molecular weight is 393 g/mol. The molecule has 0 N–H and O–H groups in total. The van der Waals surface area contributed by atoms with E-state index in [9.17, 15) is 0 Å². The van der Waals surface area contributed by atoms with E-state index in [4.69, 9.17) is 0 Å². The van der Waals surface area contributed by atoms with Gasteiger partial charge in [0, 0.05) is 17.2 Å². The fourth-order valence-electron chi connectivity index (χ4n) is 4.51. The first-order valence-electron chi connectivity index (χ1n) is 10.6. The van der Waals surface area contributed by atoms with Crippen LogP contribution in [0, 0.1) is 34.6 Å². The Balaban J connectivity index is 1.93. The average Bonchev–Trinajstić information content (AvgIpc) is 2.70. The van der Waals surface area contributed by atoms with Gasteiger partial charge in [0.2, 0.25) is 5.69 Å². The largest absolute Gasteiger partial charge is 0.213 e. The molecule has 0 spiro atoms. The van der Waals surface area contributed by atoms with Gasteiger partial charge in [-0.05, 0) is 79.6 Å². The molecular weight excluding hydrogens is 362 g/mol. The number of benzene rings is 3. The summed E-state index contributed by atoms with van der Waals surface area (Å²) >= 11 is 0. The first kappa shape index (κ1) is 20.1. The monoisotopic (exact) mass is 392 g/mol. The summed E-state index contributed by atoms with van der Waals surface area (Å²) in [7, 11) is 2.15. The molecule has 150 valence electrons. The Hall–Kier alpha value is -3.19. The van der Waals surface area contributed by atoms with Gasteiger partial charge >= 0.3 is 0 Å². The second kappa shape index (κ2) is 7.91. The zero-order valence-electron chi connectivity index (χ0n) is 18.9. The number of aryl methyl sites for hydroxylation is 6. The van der Waals surface area contributed by atoms with Crippen molar-refractivity contribution in [2.24, 2.45) is 7.05 Å². The molecule has 0 unspecified atom stereocenters. The Morgan fingerprint density at radius 1 is 0.533 bits per heavy atom. The molecule has 30 heavy (non-hydrogen) atoms. The third-order valence-electron chi connectivity index (χ3n) is 6.08. The lowest BCUT2D eigenvalue weighted by Crippen LogP contribution is -2.31. The zero-order valence-corrected chi connectivity index (χ0v) is 18.9. The highest BCUT2D eigenvalue weighted by atomic mass is 14.9. The molecule has 0 saturated heterocycles. The maximum atomic E-state index is 2.36. The van der Waals surface area contributed by atoms with Gasteiger partial charge in [0.05, 0.1) is 0 Å². The van der Waals surface area contributed by atoms with Gasteiger partial charge in [-0.1, -0.05) is 60.2 Å². The molecule has 0 saturated carbocycles. The second-order valence-electron chi connectivity index (χ2n) is 8.53. The molecule has 1 heteroatoms. The van der Waals surface area contributed by atoms with Crippen LogP contribution in [0.25, 0.3) is 33.5 Å². The van der Waals surface area contributed by atoms with Gasteiger partial charge in [-0.2, -0.15) is 0 Å². The predicted octanol–water partition coefficient (Wildman–Crippen LogP) is 7.05. The van der Waals surface area contributed by atoms with Crippen LogP contribution in [0.3, 0.4) is 0 Å². The summed E-state index contributed by atoms with van der Waals surface area (Å²) in [6.07, 6.45) is 2.26. The van der Waals surface area contributed by atoms with Crippen molar-refractivity contribution in [2.45, 2.75) is 34.6 Å². The van der Waals surface area contributed by atoms with Crippen molar-refractivity contribution in [2.75, 3.05) is 0 Å². The Bertz CT molecular complexity index is 1230. The number of hydrogen-bond donors (Lipinski definition) is 0. The molecule has 0 atom stereocenters. The van der Waals surface area contributed by atoms with Crippen molar-refractivity contribution in [3.05, 3.63) is 101 Å². The van der Waals surface area contributed by atoms with Gasteiger partial charge in [0.15, 0.2) is 6.20 Å². The summed E-state index contributed by atoms with van der Waals surface area (Å²) < 4.78 is 2.26. The van der Waals surface area contributed by atoms with Crippen LogP contribution in [-0.4, -0.2) is 0 Å². The van der Waals surface area contributed by atoms with Crippen molar-refractivity contribution in [1.29, 1.82) is 0 Å². The van der Waals surface area contributed by atoms with E-state index in [-0.39, 0.29) is 0 Å². The van der Waals surface area contributed by atoms with Gasteiger partial charge in [0.25, 0.3) is 0 Å². The highest BCUT2D eigenvalue weighted by Gasteiger charge is 2.19. The van der Waals surface area contributed by atoms with Crippen molar-refractivity contribution >= 4 is 0 Å². The summed E-state index contributed by atoms with van der Waals surface area (Å²) in [6.45, 7) is 11.0. The van der Waals surface area contributed by atoms with Crippen LogP contribution in [0.5, 0.6) is 0 Å². The topological polar surface area (TPSA) is 3.88 Å². The smallest absolute Gasteiger partial charge is 0.201 e. The Morgan fingerprint density at radius 2 is 1.20 bits per heavy atom. The number of rotatable bonds is 3. The summed E-state index contributed by atoms with van der Waals surface area (Å²) in [5, 5.41) is 0. The molecule has 4 aromatic rings. The van der Waals surface area contributed by atoms with Crippen LogP contribution in [0.15, 0.2) is 72.9 Å². The van der Waals surface area contributed by atoms with Crippen molar-refractivity contribution < 1.29 is 4.57 Å². The van der Waals surface area contributed by atoms with Crippen LogP contribution in [0.2, 0.25) is 0 Å². The van der Waals surface area contributed by atoms with Crippen molar-refractivity contribution in [3.8, 4) is 33.5 Å². The number of pyridine rings is 1. The molecule has 4 rings (SSSR count). The fourth-order valence-corrected chi connectivity index (χ4v) is 4.51. The molecule has 0 radical (unpaired) electrons. The van der Waals surface area contributed by atoms with Crippen LogP contribution < -0.4 is 4.57 Å². The fraction of sp³-hybridized carbons (Fsp3) is 0.207. The quantitative estimate of drug-likeness (QED) is 0.329. The lowest BCUT2D eigenvalue weighted by molar-refractivity contribution is -0.660. The van der Waals surface area contributed by atoms with Crippen molar-refractivity contribution in [1.82, 2.24) is 0 Å². The molecular formula is C29H30N+. The Kier molecular flexibility index (Phi) is 5.30. The van der Waals surface area contributed by atoms with E-state index >= 15 is 0 Å². The van der Waals surface area contributed by atoms with E-state index in [2.05, 4.69) is 119 Å². The third-order valence-corrected chi connectivity index (χ3v) is 6.08. The molecule has 1 aromatic heterocycles. The third kappa shape index (κ3) is 3.68. The van der Waals surface area contributed by atoms with Gasteiger partial charge in [0.1, 0.15) is 7.05 Å². The molecule has 0 aliphatic rings. The summed E-state index contributed by atoms with van der Waals surface area (Å²) in [6, 6.07) is 24.4. The van der Waals surface area contributed by atoms with Gasteiger partial charge in [-0.25, -0.2) is 4.57 Å². The zero-order chi connectivity index (χ0) is 21.4. The maximum Gasteiger partial charge on any atom is 0.213 e. The van der Waals surface area contributed by atoms with Crippen molar-refractivity contribution in [3.63, 3.8) is 0 Å². The number of nitrogens with zero attached hydrogens (tertiary/aromatic N) is 1.